The van der Waals surface area contributed by atoms with E-state index < -0.39 is 21.7 Å². The lowest BCUT2D eigenvalue weighted by Gasteiger charge is -2.71. The van der Waals surface area contributed by atoms with Crippen molar-refractivity contribution in [2.24, 2.45) is 0 Å². The van der Waals surface area contributed by atoms with Crippen LogP contribution in [0.25, 0.3) is 44.5 Å². The second kappa shape index (κ2) is 15.4. The van der Waals surface area contributed by atoms with Gasteiger partial charge in [0.15, 0.2) is 46.0 Å². The molecule has 12 nitrogen and oxygen atoms in total. The minimum atomic E-state index is -0.714. The highest BCUT2D eigenvalue weighted by molar-refractivity contribution is 5.78. The van der Waals surface area contributed by atoms with Crippen molar-refractivity contribution in [3.8, 4) is 114 Å². The summed E-state index contributed by atoms with van der Waals surface area (Å²) in [7, 11) is 0. The van der Waals surface area contributed by atoms with Gasteiger partial charge in [0.2, 0.25) is 0 Å². The van der Waals surface area contributed by atoms with Gasteiger partial charge in [-0.1, -0.05) is 48.5 Å². The summed E-state index contributed by atoms with van der Waals surface area (Å²) in [5.41, 5.74) is 4.29. The minimum Gasteiger partial charge on any atom is -0.507 e. The van der Waals surface area contributed by atoms with Crippen molar-refractivity contribution in [2.45, 2.75) is 60.2 Å². The van der Waals surface area contributed by atoms with Gasteiger partial charge in [-0.2, -0.15) is 0 Å². The van der Waals surface area contributed by atoms with Crippen molar-refractivity contribution < 1.29 is 61.3 Å². The van der Waals surface area contributed by atoms with Crippen molar-refractivity contribution in [1.82, 2.24) is 0 Å². The molecule has 0 aromatic heterocycles. The second-order valence-electron chi connectivity index (χ2n) is 19.9. The van der Waals surface area contributed by atoms with E-state index in [0.717, 1.165) is 22.3 Å². The molecule has 12 heteroatoms. The molecule has 0 amide bonds. The largest absolute Gasteiger partial charge is 0.507 e. The van der Waals surface area contributed by atoms with Crippen LogP contribution in [-0.2, 0) is 21.7 Å². The highest BCUT2D eigenvalue weighted by Gasteiger charge is 2.69. The molecule has 70 heavy (non-hydrogen) atoms. The Bertz CT molecular complexity index is 2980. The topological polar surface area (TPSA) is 243 Å². The molecule has 4 bridgehead atoms. The van der Waals surface area contributed by atoms with E-state index in [-0.39, 0.29) is 69.0 Å². The van der Waals surface area contributed by atoms with Crippen LogP contribution in [0.15, 0.2) is 146 Å². The van der Waals surface area contributed by atoms with E-state index in [2.05, 4.69) is 0 Å². The normalized spacial score (nSPS) is 22.3. The molecular formula is C58H48O12. The van der Waals surface area contributed by atoms with E-state index in [1.165, 1.54) is 48.5 Å². The number of hydrogen-bond donors (Lipinski definition) is 12. The molecule has 4 aliphatic carbocycles. The fourth-order valence-electron chi connectivity index (χ4n) is 13.0. The number of rotatable bonds is 8. The Labute approximate surface area is 401 Å². The van der Waals surface area contributed by atoms with Gasteiger partial charge in [-0.25, -0.2) is 0 Å². The average Bonchev–Trinajstić information content (AvgIpc) is 3.32. The number of phenols is 12. The van der Waals surface area contributed by atoms with Gasteiger partial charge in [0.1, 0.15) is 23.0 Å². The maximum atomic E-state index is 11.5. The lowest BCUT2D eigenvalue weighted by Crippen LogP contribution is -2.67. The van der Waals surface area contributed by atoms with Crippen molar-refractivity contribution in [2.75, 3.05) is 0 Å². The first-order chi connectivity index (χ1) is 33.4. The molecule has 0 atom stereocenters. The lowest BCUT2D eigenvalue weighted by molar-refractivity contribution is -0.0691. The van der Waals surface area contributed by atoms with Crippen LogP contribution < -0.4 is 0 Å². The maximum Gasteiger partial charge on any atom is 0.158 e. The van der Waals surface area contributed by atoms with Gasteiger partial charge < -0.3 is 61.3 Å². The Morgan fingerprint density at radius 2 is 0.386 bits per heavy atom. The predicted molar refractivity (Wildman–Crippen MR) is 262 cm³/mol. The van der Waals surface area contributed by atoms with E-state index in [1.807, 2.05) is 48.5 Å². The van der Waals surface area contributed by atoms with E-state index in [1.54, 1.807) is 48.5 Å². The Morgan fingerprint density at radius 3 is 0.571 bits per heavy atom. The molecule has 0 radical (unpaired) electrons. The Kier molecular flexibility index (Phi) is 9.68. The van der Waals surface area contributed by atoms with Gasteiger partial charge in [-0.05, 0) is 202 Å². The molecule has 4 saturated carbocycles. The summed E-state index contributed by atoms with van der Waals surface area (Å²) in [6, 6.07) is 39.5. The summed E-state index contributed by atoms with van der Waals surface area (Å²) in [6.45, 7) is 0. The molecule has 0 aliphatic heterocycles. The standard InChI is InChI=1S/C58H48O12/c59-43-13-5-35(21-39(43)31-1-9-47(63)51(67)17-31)55-25-56(36-6-14-44(60)40(22-36)32-2-10-48(64)52(68)18-32)28-57(26-55,37-7-15-45(61)41(23-37)33-3-11-49(65)53(69)19-33)30-58(27-55,29-56)38-8-16-46(62)42(24-38)34-4-12-50(66)54(70)20-34/h1-24,59-70H,25-30H2. The third kappa shape index (κ3) is 6.89. The van der Waals surface area contributed by atoms with Gasteiger partial charge in [0.05, 0.1) is 0 Å². The maximum absolute atomic E-state index is 11.5. The number of benzene rings is 8. The van der Waals surface area contributed by atoms with Crippen LogP contribution in [-0.4, -0.2) is 61.3 Å². The molecule has 0 unspecified atom stereocenters. The fourth-order valence-corrected chi connectivity index (χ4v) is 13.0. The highest BCUT2D eigenvalue weighted by atomic mass is 16.3. The monoisotopic (exact) mass is 936 g/mol. The zero-order valence-corrected chi connectivity index (χ0v) is 37.5. The van der Waals surface area contributed by atoms with Gasteiger partial charge >= 0.3 is 0 Å². The van der Waals surface area contributed by atoms with Crippen LogP contribution >= 0.6 is 0 Å². The highest BCUT2D eigenvalue weighted by Crippen LogP contribution is 2.75. The molecule has 0 saturated heterocycles. The molecule has 0 heterocycles. The van der Waals surface area contributed by atoms with E-state index in [4.69, 9.17) is 0 Å². The molecule has 12 rings (SSSR count). The Hall–Kier alpha value is -8.64. The molecule has 8 aromatic rings. The lowest BCUT2D eigenvalue weighted by atomic mass is 9.32. The summed E-state index contributed by atoms with van der Waals surface area (Å²) < 4.78 is 0. The van der Waals surface area contributed by atoms with Gasteiger partial charge in [0.25, 0.3) is 0 Å². The van der Waals surface area contributed by atoms with Gasteiger partial charge in [-0.3, -0.25) is 0 Å². The summed E-state index contributed by atoms with van der Waals surface area (Å²) in [5.74, 6) is -2.83. The summed E-state index contributed by atoms with van der Waals surface area (Å²) >= 11 is 0. The van der Waals surface area contributed by atoms with Crippen molar-refractivity contribution in [1.29, 1.82) is 0 Å². The molecule has 0 spiro atoms. The van der Waals surface area contributed by atoms with Crippen LogP contribution in [0.5, 0.6) is 69.0 Å². The Balaban J connectivity index is 1.20. The summed E-state index contributed by atoms with van der Waals surface area (Å²) in [6.07, 6.45) is 3.46. The smallest absolute Gasteiger partial charge is 0.158 e. The SMILES string of the molecule is Oc1ccc(-c2cc(C34CC5(c6ccc(O)c(-c7ccc(O)c(O)c7)c6)CC(c6ccc(O)c(-c7ccc(O)c(O)c7)c6)(C3)CC(c3ccc(O)c(-c6ccc(O)c(O)c6)c3)(C4)C5)ccc2O)cc1O. The fraction of sp³-hybridized carbons (Fsp3) is 0.172. The zero-order chi connectivity index (χ0) is 49.1. The van der Waals surface area contributed by atoms with E-state index >= 15 is 0 Å². The van der Waals surface area contributed by atoms with Crippen LogP contribution in [0.3, 0.4) is 0 Å². The second-order valence-corrected chi connectivity index (χ2v) is 19.9. The molecule has 8 aromatic carbocycles. The predicted octanol–water partition coefficient (Wildman–Crippen LogP) is 11.3. The van der Waals surface area contributed by atoms with E-state index in [0.29, 0.717) is 83.0 Å². The van der Waals surface area contributed by atoms with Crippen LogP contribution in [0.4, 0.5) is 0 Å². The first-order valence-corrected chi connectivity index (χ1v) is 22.8. The van der Waals surface area contributed by atoms with Crippen LogP contribution in [0.1, 0.15) is 60.8 Å². The first-order valence-electron chi connectivity index (χ1n) is 22.8. The zero-order valence-electron chi connectivity index (χ0n) is 37.5. The van der Waals surface area contributed by atoms with E-state index in [9.17, 15) is 61.3 Å². The molecule has 12 N–H and O–H groups in total. The molecule has 4 aliphatic rings. The van der Waals surface area contributed by atoms with Crippen LogP contribution in [0.2, 0.25) is 0 Å². The summed E-state index contributed by atoms with van der Waals surface area (Å²) in [4.78, 5) is 0. The molecule has 4 fully saturated rings. The Morgan fingerprint density at radius 1 is 0.200 bits per heavy atom. The number of phenolic OH excluding ortho intramolecular Hbond substituents is 12. The first kappa shape index (κ1) is 43.9. The van der Waals surface area contributed by atoms with Gasteiger partial charge in [-0.15, -0.1) is 0 Å². The molecular weight excluding hydrogens is 889 g/mol. The van der Waals surface area contributed by atoms with Crippen molar-refractivity contribution in [3.05, 3.63) is 168 Å². The minimum absolute atomic E-state index is 0.0429. The number of hydrogen-bond acceptors (Lipinski definition) is 12. The van der Waals surface area contributed by atoms with Crippen LogP contribution in [0, 0.1) is 0 Å². The quantitative estimate of drug-likeness (QED) is 0.0637. The van der Waals surface area contributed by atoms with Crippen molar-refractivity contribution >= 4 is 0 Å². The third-order valence-corrected chi connectivity index (χ3v) is 15.6. The third-order valence-electron chi connectivity index (χ3n) is 15.6. The van der Waals surface area contributed by atoms with Crippen molar-refractivity contribution in [3.63, 3.8) is 0 Å². The number of aromatic hydroxyl groups is 12. The summed E-state index contributed by atoms with van der Waals surface area (Å²) in [5, 5.41) is 130. The average molecular weight is 937 g/mol. The van der Waals surface area contributed by atoms with Gasteiger partial charge in [0, 0.05) is 22.3 Å². The molecule has 352 valence electrons.